The Balaban J connectivity index is 1.78. The lowest BCUT2D eigenvalue weighted by atomic mass is 10.2. The van der Waals surface area contributed by atoms with Crippen molar-refractivity contribution in [3.8, 4) is 11.5 Å². The lowest BCUT2D eigenvalue weighted by molar-refractivity contribution is -0.150. The normalized spacial score (nSPS) is 22.5. The van der Waals surface area contributed by atoms with Gasteiger partial charge in [0.1, 0.15) is 18.1 Å². The van der Waals surface area contributed by atoms with Crippen molar-refractivity contribution in [1.82, 2.24) is 20.1 Å². The zero-order chi connectivity index (χ0) is 13.2. The molecule has 3 heterocycles. The van der Waals surface area contributed by atoms with E-state index in [1.54, 1.807) is 12.3 Å². The Morgan fingerprint density at radius 2 is 2.32 bits per heavy atom. The first-order chi connectivity index (χ1) is 9.24. The maximum atomic E-state index is 10.8. The van der Waals surface area contributed by atoms with Crippen LogP contribution < -0.4 is 0 Å². The molecule has 98 valence electrons. The number of nitrogens with zero attached hydrogens (tertiary/aromatic N) is 4. The first kappa shape index (κ1) is 11.7. The molecule has 0 aromatic carbocycles. The molecule has 1 N–H and O–H groups in total. The van der Waals surface area contributed by atoms with Gasteiger partial charge in [0, 0.05) is 6.20 Å². The van der Waals surface area contributed by atoms with Crippen molar-refractivity contribution < 1.29 is 19.2 Å². The van der Waals surface area contributed by atoms with Gasteiger partial charge in [0.05, 0.1) is 0 Å². The third kappa shape index (κ3) is 2.29. The maximum Gasteiger partial charge on any atom is 0.332 e. The molecule has 1 saturated heterocycles. The molecule has 2 aromatic rings. The van der Waals surface area contributed by atoms with Crippen molar-refractivity contribution in [2.45, 2.75) is 25.0 Å². The molecule has 0 bridgehead atoms. The van der Waals surface area contributed by atoms with Gasteiger partial charge in [-0.1, -0.05) is 5.16 Å². The summed E-state index contributed by atoms with van der Waals surface area (Å²) in [7, 11) is 0. The highest BCUT2D eigenvalue weighted by Crippen LogP contribution is 2.32. The van der Waals surface area contributed by atoms with Gasteiger partial charge in [-0.15, -0.1) is 0 Å². The van der Waals surface area contributed by atoms with E-state index in [9.17, 15) is 4.79 Å². The van der Waals surface area contributed by atoms with Crippen molar-refractivity contribution >= 4 is 5.97 Å². The van der Waals surface area contributed by atoms with E-state index >= 15 is 0 Å². The van der Waals surface area contributed by atoms with Crippen molar-refractivity contribution in [2.24, 2.45) is 0 Å². The number of hydrogen-bond donors (Lipinski definition) is 1. The first-order valence-corrected chi connectivity index (χ1v) is 5.72. The van der Waals surface area contributed by atoms with Gasteiger partial charge in [0.2, 0.25) is 5.82 Å². The number of aliphatic carboxylic acids is 1. The molecule has 1 fully saturated rings. The monoisotopic (exact) mass is 262 g/mol. The lowest BCUT2D eigenvalue weighted by Gasteiger charge is -2.05. The average molecular weight is 262 g/mol. The topological polar surface area (TPSA) is 111 Å². The largest absolute Gasteiger partial charge is 0.479 e. The zero-order valence-corrected chi connectivity index (χ0v) is 9.76. The predicted molar refractivity (Wildman–Crippen MR) is 59.8 cm³/mol. The fourth-order valence-corrected chi connectivity index (χ4v) is 1.89. The Kier molecular flexibility index (Phi) is 2.92. The number of hydrogen-bond acceptors (Lipinski definition) is 7. The summed E-state index contributed by atoms with van der Waals surface area (Å²) in [4.78, 5) is 22.8. The van der Waals surface area contributed by atoms with Crippen LogP contribution in [-0.4, -0.2) is 37.3 Å². The number of ether oxygens (including phenoxy) is 1. The molecular formula is C11H10N4O4. The van der Waals surface area contributed by atoms with E-state index in [2.05, 4.69) is 20.1 Å². The van der Waals surface area contributed by atoms with Crippen molar-refractivity contribution in [3.05, 3.63) is 24.5 Å². The van der Waals surface area contributed by atoms with Crippen LogP contribution in [-0.2, 0) is 9.53 Å². The van der Waals surface area contributed by atoms with Crippen LogP contribution in [0.15, 0.2) is 23.1 Å². The highest BCUT2D eigenvalue weighted by atomic mass is 16.5. The van der Waals surface area contributed by atoms with Gasteiger partial charge >= 0.3 is 5.97 Å². The summed E-state index contributed by atoms with van der Waals surface area (Å²) in [6, 6.07) is 1.66. The summed E-state index contributed by atoms with van der Waals surface area (Å²) in [6.45, 7) is 0. The molecule has 19 heavy (non-hydrogen) atoms. The maximum absolute atomic E-state index is 10.8. The van der Waals surface area contributed by atoms with Crippen LogP contribution in [0.3, 0.4) is 0 Å². The first-order valence-electron chi connectivity index (χ1n) is 5.72. The van der Waals surface area contributed by atoms with E-state index in [4.69, 9.17) is 14.4 Å². The summed E-state index contributed by atoms with van der Waals surface area (Å²) < 4.78 is 10.4. The molecule has 0 saturated carbocycles. The van der Waals surface area contributed by atoms with Gasteiger partial charge in [-0.05, 0) is 18.9 Å². The molecule has 2 atom stereocenters. The van der Waals surface area contributed by atoms with Gasteiger partial charge in [-0.2, -0.15) is 4.98 Å². The van der Waals surface area contributed by atoms with Crippen LogP contribution in [0.2, 0.25) is 0 Å². The van der Waals surface area contributed by atoms with Crippen LogP contribution in [0.5, 0.6) is 0 Å². The molecule has 3 rings (SSSR count). The summed E-state index contributed by atoms with van der Waals surface area (Å²) in [5.74, 6) is -0.366. The van der Waals surface area contributed by atoms with Crippen LogP contribution in [0, 0.1) is 0 Å². The summed E-state index contributed by atoms with van der Waals surface area (Å²) >= 11 is 0. The smallest absolute Gasteiger partial charge is 0.332 e. The Bertz CT molecular complexity index is 585. The molecule has 2 aromatic heterocycles. The average Bonchev–Trinajstić information content (AvgIpc) is 3.09. The number of rotatable bonds is 3. The minimum absolute atomic E-state index is 0.275. The molecule has 1 aliphatic rings. The second-order valence-corrected chi connectivity index (χ2v) is 4.08. The minimum Gasteiger partial charge on any atom is -0.479 e. The Labute approximate surface area is 107 Å². The highest BCUT2D eigenvalue weighted by Gasteiger charge is 2.34. The van der Waals surface area contributed by atoms with Gasteiger partial charge in [0.15, 0.2) is 6.10 Å². The second kappa shape index (κ2) is 4.73. The molecular weight excluding hydrogens is 252 g/mol. The van der Waals surface area contributed by atoms with Crippen molar-refractivity contribution in [3.63, 3.8) is 0 Å². The summed E-state index contributed by atoms with van der Waals surface area (Å²) in [5, 5.41) is 12.6. The van der Waals surface area contributed by atoms with E-state index in [1.165, 1.54) is 6.33 Å². The van der Waals surface area contributed by atoms with Crippen molar-refractivity contribution in [2.75, 3.05) is 0 Å². The molecule has 0 aliphatic carbocycles. The van der Waals surface area contributed by atoms with E-state index in [-0.39, 0.29) is 5.89 Å². The van der Waals surface area contributed by atoms with Gasteiger partial charge in [-0.25, -0.2) is 14.8 Å². The standard InChI is InChI=1S/C11H10N4O4/c16-11(17)8-2-1-7(18-8)10-14-9(15-19-10)6-3-4-12-5-13-6/h3-5,7-8H,1-2H2,(H,16,17). The van der Waals surface area contributed by atoms with Gasteiger partial charge in [-0.3, -0.25) is 0 Å². The molecule has 2 unspecified atom stereocenters. The molecule has 0 amide bonds. The fraction of sp³-hybridized carbons (Fsp3) is 0.364. The zero-order valence-electron chi connectivity index (χ0n) is 9.76. The quantitative estimate of drug-likeness (QED) is 0.865. The van der Waals surface area contributed by atoms with Crippen molar-refractivity contribution in [1.29, 1.82) is 0 Å². The molecule has 1 aliphatic heterocycles. The van der Waals surface area contributed by atoms with Crippen LogP contribution in [0.4, 0.5) is 0 Å². The number of aromatic nitrogens is 4. The van der Waals surface area contributed by atoms with E-state index in [1.807, 2.05) is 0 Å². The molecule has 8 nitrogen and oxygen atoms in total. The summed E-state index contributed by atoms with van der Waals surface area (Å²) in [6.07, 6.45) is 2.67. The number of carbonyl (C=O) groups is 1. The van der Waals surface area contributed by atoms with Crippen LogP contribution in [0.25, 0.3) is 11.5 Å². The van der Waals surface area contributed by atoms with Gasteiger partial charge < -0.3 is 14.4 Å². The molecule has 0 spiro atoms. The lowest BCUT2D eigenvalue weighted by Crippen LogP contribution is -2.18. The molecule has 8 heteroatoms. The van der Waals surface area contributed by atoms with Crippen LogP contribution >= 0.6 is 0 Å². The van der Waals surface area contributed by atoms with Crippen LogP contribution in [0.1, 0.15) is 24.8 Å². The highest BCUT2D eigenvalue weighted by molar-refractivity contribution is 5.72. The number of carboxylic acids is 1. The third-order valence-electron chi connectivity index (χ3n) is 2.82. The SMILES string of the molecule is O=C(O)C1CCC(c2nc(-c3ccncn3)no2)O1. The minimum atomic E-state index is -0.974. The molecule has 0 radical (unpaired) electrons. The van der Waals surface area contributed by atoms with E-state index in [0.717, 1.165) is 0 Å². The predicted octanol–water partition coefficient (Wildman–Crippen LogP) is 0.831. The third-order valence-corrected chi connectivity index (χ3v) is 2.82. The fourth-order valence-electron chi connectivity index (χ4n) is 1.89. The Hall–Kier alpha value is -2.35. The van der Waals surface area contributed by atoms with Gasteiger partial charge in [0.25, 0.3) is 5.89 Å². The van der Waals surface area contributed by atoms with E-state index < -0.39 is 18.2 Å². The Morgan fingerprint density at radius 1 is 1.42 bits per heavy atom. The Morgan fingerprint density at radius 3 is 3.00 bits per heavy atom. The van der Waals surface area contributed by atoms with E-state index in [0.29, 0.717) is 24.4 Å². The summed E-state index contributed by atoms with van der Waals surface area (Å²) in [5.41, 5.74) is 0.540. The second-order valence-electron chi connectivity index (χ2n) is 4.08. The number of carboxylic acid groups (broad SMARTS) is 1.